The van der Waals surface area contributed by atoms with Gasteiger partial charge in [-0.25, -0.2) is 0 Å². The lowest BCUT2D eigenvalue weighted by molar-refractivity contribution is 0.0649. The summed E-state index contributed by atoms with van der Waals surface area (Å²) in [6, 6.07) is 2.39. The zero-order valence-electron chi connectivity index (χ0n) is 12.4. The van der Waals surface area contributed by atoms with Crippen molar-refractivity contribution in [1.29, 1.82) is 0 Å². The summed E-state index contributed by atoms with van der Waals surface area (Å²) >= 11 is 1.53. The van der Waals surface area contributed by atoms with Crippen molar-refractivity contribution in [3.8, 4) is 0 Å². The van der Waals surface area contributed by atoms with Crippen molar-refractivity contribution in [2.45, 2.75) is 46.7 Å². The Balaban J connectivity index is 2.43. The molecule has 0 saturated heterocycles. The van der Waals surface area contributed by atoms with E-state index in [1.807, 2.05) is 29.6 Å². The predicted octanol–water partition coefficient (Wildman–Crippen LogP) is 3.20. The number of rotatable bonds is 3. The van der Waals surface area contributed by atoms with E-state index in [1.54, 1.807) is 0 Å². The number of thiophene rings is 1. The molecule has 0 saturated carbocycles. The topological polar surface area (TPSA) is 38.1 Å². The standard InChI is InChI=1S/C14H21N3OS/c1-8(2)17(9(3)4)13(18)12-7-11-10(5)15-16(6)14(11)19-12/h7-9H,1-6H3. The van der Waals surface area contributed by atoms with E-state index < -0.39 is 0 Å². The molecule has 0 aliphatic carbocycles. The molecule has 19 heavy (non-hydrogen) atoms. The van der Waals surface area contributed by atoms with Crippen molar-refractivity contribution >= 4 is 27.5 Å². The van der Waals surface area contributed by atoms with Gasteiger partial charge in [-0.15, -0.1) is 11.3 Å². The van der Waals surface area contributed by atoms with E-state index in [2.05, 4.69) is 32.8 Å². The van der Waals surface area contributed by atoms with Gasteiger partial charge in [0.2, 0.25) is 0 Å². The number of hydrogen-bond donors (Lipinski definition) is 0. The molecule has 0 atom stereocenters. The molecular weight excluding hydrogens is 258 g/mol. The molecule has 2 aromatic heterocycles. The van der Waals surface area contributed by atoms with Crippen LogP contribution in [0.1, 0.15) is 43.1 Å². The van der Waals surface area contributed by atoms with Gasteiger partial charge in [0.15, 0.2) is 0 Å². The number of hydrogen-bond acceptors (Lipinski definition) is 3. The monoisotopic (exact) mass is 279 g/mol. The Morgan fingerprint density at radius 3 is 2.37 bits per heavy atom. The van der Waals surface area contributed by atoms with Gasteiger partial charge < -0.3 is 4.90 Å². The van der Waals surface area contributed by atoms with E-state index in [0.717, 1.165) is 20.8 Å². The highest BCUT2D eigenvalue weighted by Crippen LogP contribution is 2.29. The fourth-order valence-electron chi connectivity index (χ4n) is 2.50. The van der Waals surface area contributed by atoms with Crippen molar-refractivity contribution in [2.24, 2.45) is 7.05 Å². The number of amides is 1. The minimum atomic E-state index is 0.116. The number of carbonyl (C=O) groups excluding carboxylic acids is 1. The van der Waals surface area contributed by atoms with Crippen LogP contribution in [0.3, 0.4) is 0 Å². The van der Waals surface area contributed by atoms with Gasteiger partial charge >= 0.3 is 0 Å². The van der Waals surface area contributed by atoms with Crippen LogP contribution in [0.4, 0.5) is 0 Å². The normalized spacial score (nSPS) is 11.8. The molecule has 5 heteroatoms. The van der Waals surface area contributed by atoms with Crippen molar-refractivity contribution in [1.82, 2.24) is 14.7 Å². The molecule has 0 fully saturated rings. The molecule has 4 nitrogen and oxygen atoms in total. The maximum Gasteiger partial charge on any atom is 0.264 e. The maximum atomic E-state index is 12.6. The average Bonchev–Trinajstić information content (AvgIpc) is 2.80. The molecule has 0 aliphatic rings. The van der Waals surface area contributed by atoms with E-state index in [9.17, 15) is 4.79 Å². The van der Waals surface area contributed by atoms with Crippen LogP contribution in [0.25, 0.3) is 10.2 Å². The average molecular weight is 279 g/mol. The van der Waals surface area contributed by atoms with Crippen LogP contribution in [-0.4, -0.2) is 32.7 Å². The summed E-state index contributed by atoms with van der Waals surface area (Å²) in [6.07, 6.45) is 0. The van der Waals surface area contributed by atoms with Gasteiger partial charge in [0, 0.05) is 24.5 Å². The van der Waals surface area contributed by atoms with Crippen LogP contribution in [0.2, 0.25) is 0 Å². The van der Waals surface area contributed by atoms with Gasteiger partial charge in [-0.05, 0) is 40.7 Å². The second-order valence-corrected chi connectivity index (χ2v) is 6.47. The van der Waals surface area contributed by atoms with Gasteiger partial charge in [0.1, 0.15) is 4.83 Å². The summed E-state index contributed by atoms with van der Waals surface area (Å²) < 4.78 is 1.85. The molecule has 0 radical (unpaired) electrons. The Morgan fingerprint density at radius 1 is 1.32 bits per heavy atom. The van der Waals surface area contributed by atoms with E-state index in [0.29, 0.717) is 0 Å². The number of nitrogens with zero attached hydrogens (tertiary/aromatic N) is 3. The highest BCUT2D eigenvalue weighted by Gasteiger charge is 2.24. The lowest BCUT2D eigenvalue weighted by atomic mass is 10.2. The number of fused-ring (bicyclic) bond motifs is 1. The highest BCUT2D eigenvalue weighted by molar-refractivity contribution is 7.20. The molecule has 0 aromatic carbocycles. The van der Waals surface area contributed by atoms with Crippen LogP contribution in [0.15, 0.2) is 6.07 Å². The first-order valence-corrected chi connectivity index (χ1v) is 7.40. The molecule has 1 amide bonds. The molecule has 104 valence electrons. The number of carbonyl (C=O) groups is 1. The number of aromatic nitrogens is 2. The maximum absolute atomic E-state index is 12.6. The summed E-state index contributed by atoms with van der Waals surface area (Å²) in [4.78, 5) is 16.4. The fourth-order valence-corrected chi connectivity index (χ4v) is 3.57. The Hall–Kier alpha value is -1.36. The Labute approximate surface area is 118 Å². The van der Waals surface area contributed by atoms with E-state index in [4.69, 9.17) is 0 Å². The Morgan fingerprint density at radius 2 is 1.89 bits per heavy atom. The summed E-state index contributed by atoms with van der Waals surface area (Å²) in [6.45, 7) is 10.2. The predicted molar refractivity (Wildman–Crippen MR) is 79.8 cm³/mol. The SMILES string of the molecule is Cc1nn(C)c2sc(C(=O)N(C(C)C)C(C)C)cc12. The smallest absolute Gasteiger partial charge is 0.264 e. The summed E-state index contributed by atoms with van der Waals surface area (Å²) in [5.74, 6) is 0.116. The molecule has 0 spiro atoms. The largest absolute Gasteiger partial charge is 0.333 e. The van der Waals surface area contributed by atoms with Gasteiger partial charge in [0.25, 0.3) is 5.91 Å². The van der Waals surface area contributed by atoms with Crippen LogP contribution >= 0.6 is 11.3 Å². The molecule has 2 aromatic rings. The van der Waals surface area contributed by atoms with Crippen LogP contribution in [0.5, 0.6) is 0 Å². The highest BCUT2D eigenvalue weighted by atomic mass is 32.1. The molecule has 0 bridgehead atoms. The summed E-state index contributed by atoms with van der Waals surface area (Å²) in [7, 11) is 1.92. The minimum absolute atomic E-state index is 0.116. The molecular formula is C14H21N3OS. The molecule has 0 N–H and O–H groups in total. The second-order valence-electron chi connectivity index (χ2n) is 5.44. The summed E-state index contributed by atoms with van der Waals surface area (Å²) in [5.41, 5.74) is 0.980. The van der Waals surface area contributed by atoms with Crippen molar-refractivity contribution < 1.29 is 4.79 Å². The van der Waals surface area contributed by atoms with Gasteiger partial charge in [-0.1, -0.05) is 0 Å². The first kappa shape index (κ1) is 14.1. The molecule has 0 aliphatic heterocycles. The zero-order chi connectivity index (χ0) is 14.3. The van der Waals surface area contributed by atoms with E-state index in [1.165, 1.54) is 11.3 Å². The van der Waals surface area contributed by atoms with Crippen LogP contribution < -0.4 is 0 Å². The lowest BCUT2D eigenvalue weighted by Crippen LogP contribution is -2.41. The Kier molecular flexibility index (Phi) is 3.67. The van der Waals surface area contributed by atoms with Crippen LogP contribution in [-0.2, 0) is 7.05 Å². The third-order valence-electron chi connectivity index (χ3n) is 3.25. The first-order valence-electron chi connectivity index (χ1n) is 6.58. The molecule has 2 rings (SSSR count). The molecule has 0 unspecified atom stereocenters. The van der Waals surface area contributed by atoms with Crippen molar-refractivity contribution in [3.63, 3.8) is 0 Å². The summed E-state index contributed by atoms with van der Waals surface area (Å²) in [5, 5.41) is 5.45. The van der Waals surface area contributed by atoms with E-state index >= 15 is 0 Å². The zero-order valence-corrected chi connectivity index (χ0v) is 13.2. The lowest BCUT2D eigenvalue weighted by Gasteiger charge is -2.30. The fraction of sp³-hybridized carbons (Fsp3) is 0.571. The van der Waals surface area contributed by atoms with E-state index in [-0.39, 0.29) is 18.0 Å². The molecule has 2 heterocycles. The Bertz CT molecular complexity index is 567. The third kappa shape index (κ3) is 2.39. The van der Waals surface area contributed by atoms with Gasteiger partial charge in [-0.2, -0.15) is 5.10 Å². The quantitative estimate of drug-likeness (QED) is 0.865. The van der Waals surface area contributed by atoms with Crippen molar-refractivity contribution in [3.05, 3.63) is 16.6 Å². The van der Waals surface area contributed by atoms with Crippen LogP contribution in [0, 0.1) is 6.92 Å². The number of aryl methyl sites for hydroxylation is 2. The second kappa shape index (κ2) is 4.96. The third-order valence-corrected chi connectivity index (χ3v) is 4.44. The minimum Gasteiger partial charge on any atom is -0.333 e. The van der Waals surface area contributed by atoms with Gasteiger partial charge in [-0.3, -0.25) is 9.48 Å². The van der Waals surface area contributed by atoms with Crippen molar-refractivity contribution in [2.75, 3.05) is 0 Å². The first-order chi connectivity index (χ1) is 8.82. The van der Waals surface area contributed by atoms with Gasteiger partial charge in [0.05, 0.1) is 10.6 Å².